The molecule has 2 aromatic rings. The van der Waals surface area contributed by atoms with E-state index >= 15 is 0 Å². The van der Waals surface area contributed by atoms with Crippen molar-refractivity contribution in [1.29, 1.82) is 0 Å². The lowest BCUT2D eigenvalue weighted by atomic mass is 10.2. The number of nitro benzene ring substituents is 1. The fourth-order valence-electron chi connectivity index (χ4n) is 1.63. The standard InChI is InChI=1S/C10H8F3N5O2/c11-10(12,13)6-4-15-17(5-6)8-3-1-2-7(16-14)9(8)18(19)20/h1-5,16H,14H2. The van der Waals surface area contributed by atoms with Gasteiger partial charge in [-0.2, -0.15) is 18.3 Å². The maximum absolute atomic E-state index is 12.5. The van der Waals surface area contributed by atoms with Gasteiger partial charge in [-0.05, 0) is 12.1 Å². The monoisotopic (exact) mass is 287 g/mol. The Morgan fingerprint density at radius 2 is 2.10 bits per heavy atom. The number of nitrogens with two attached hydrogens (primary N) is 1. The summed E-state index contributed by atoms with van der Waals surface area (Å²) >= 11 is 0. The lowest BCUT2D eigenvalue weighted by Gasteiger charge is -2.07. The maximum Gasteiger partial charge on any atom is 0.419 e. The van der Waals surface area contributed by atoms with E-state index in [1.54, 1.807) is 0 Å². The van der Waals surface area contributed by atoms with Crippen molar-refractivity contribution in [2.75, 3.05) is 5.43 Å². The second-order valence-corrected chi connectivity index (χ2v) is 3.75. The van der Waals surface area contributed by atoms with Crippen molar-refractivity contribution in [2.45, 2.75) is 6.18 Å². The molecule has 0 fully saturated rings. The molecule has 10 heteroatoms. The van der Waals surface area contributed by atoms with Gasteiger partial charge in [0.15, 0.2) is 0 Å². The van der Waals surface area contributed by atoms with Gasteiger partial charge in [0.1, 0.15) is 11.4 Å². The molecule has 1 aromatic carbocycles. The highest BCUT2D eigenvalue weighted by Crippen LogP contribution is 2.33. The van der Waals surface area contributed by atoms with Gasteiger partial charge in [0, 0.05) is 6.20 Å². The number of nitrogens with one attached hydrogen (secondary N) is 1. The molecule has 2 rings (SSSR count). The minimum Gasteiger partial charge on any atom is -0.318 e. The van der Waals surface area contributed by atoms with Crippen LogP contribution in [0.5, 0.6) is 0 Å². The van der Waals surface area contributed by atoms with Gasteiger partial charge >= 0.3 is 11.9 Å². The zero-order chi connectivity index (χ0) is 14.9. The number of alkyl halides is 3. The molecule has 1 heterocycles. The summed E-state index contributed by atoms with van der Waals surface area (Å²) in [6, 6.07) is 4.01. The van der Waals surface area contributed by atoms with E-state index in [1.165, 1.54) is 18.2 Å². The van der Waals surface area contributed by atoms with Crippen LogP contribution in [0.15, 0.2) is 30.6 Å². The number of nitrogen functional groups attached to an aromatic ring is 1. The second-order valence-electron chi connectivity index (χ2n) is 3.75. The Morgan fingerprint density at radius 3 is 2.60 bits per heavy atom. The predicted molar refractivity (Wildman–Crippen MR) is 63.0 cm³/mol. The highest BCUT2D eigenvalue weighted by atomic mass is 19.4. The fourth-order valence-corrected chi connectivity index (χ4v) is 1.63. The largest absolute Gasteiger partial charge is 0.419 e. The van der Waals surface area contributed by atoms with E-state index in [0.29, 0.717) is 12.4 Å². The minimum atomic E-state index is -4.57. The number of para-hydroxylation sites is 1. The van der Waals surface area contributed by atoms with Gasteiger partial charge in [-0.3, -0.25) is 16.0 Å². The van der Waals surface area contributed by atoms with E-state index in [0.717, 1.165) is 4.68 Å². The van der Waals surface area contributed by atoms with Crippen LogP contribution >= 0.6 is 0 Å². The molecule has 0 amide bonds. The second kappa shape index (κ2) is 4.81. The van der Waals surface area contributed by atoms with Crippen LogP contribution in [0, 0.1) is 10.1 Å². The van der Waals surface area contributed by atoms with Crippen LogP contribution in [0.4, 0.5) is 24.5 Å². The Morgan fingerprint density at radius 1 is 1.40 bits per heavy atom. The van der Waals surface area contributed by atoms with Crippen LogP contribution in [0.3, 0.4) is 0 Å². The van der Waals surface area contributed by atoms with E-state index in [4.69, 9.17) is 5.84 Å². The first kappa shape index (κ1) is 13.8. The van der Waals surface area contributed by atoms with Crippen molar-refractivity contribution in [3.8, 4) is 5.69 Å². The van der Waals surface area contributed by atoms with Crippen molar-refractivity contribution in [2.24, 2.45) is 5.84 Å². The molecular weight excluding hydrogens is 279 g/mol. The third-order valence-electron chi connectivity index (χ3n) is 2.51. The fraction of sp³-hybridized carbons (Fsp3) is 0.100. The van der Waals surface area contributed by atoms with E-state index in [2.05, 4.69) is 10.5 Å². The molecule has 0 spiro atoms. The number of halogens is 3. The smallest absolute Gasteiger partial charge is 0.318 e. The summed E-state index contributed by atoms with van der Waals surface area (Å²) in [4.78, 5) is 10.3. The first-order chi connectivity index (χ1) is 9.34. The first-order valence-corrected chi connectivity index (χ1v) is 5.21. The first-order valence-electron chi connectivity index (χ1n) is 5.21. The normalized spacial score (nSPS) is 11.4. The molecule has 0 saturated carbocycles. The lowest BCUT2D eigenvalue weighted by molar-refractivity contribution is -0.383. The average Bonchev–Trinajstić information content (AvgIpc) is 2.86. The van der Waals surface area contributed by atoms with Gasteiger partial charge in [-0.15, -0.1) is 0 Å². The van der Waals surface area contributed by atoms with Crippen LogP contribution in [-0.2, 0) is 6.18 Å². The van der Waals surface area contributed by atoms with Gasteiger partial charge in [0.2, 0.25) is 0 Å². The number of hydrazine groups is 1. The Hall–Kier alpha value is -2.62. The lowest BCUT2D eigenvalue weighted by Crippen LogP contribution is -2.11. The Labute approximate surface area is 109 Å². The third-order valence-corrected chi connectivity index (χ3v) is 2.51. The number of aromatic nitrogens is 2. The number of nitrogens with zero attached hydrogens (tertiary/aromatic N) is 3. The third kappa shape index (κ3) is 2.40. The summed E-state index contributed by atoms with van der Waals surface area (Å²) in [7, 11) is 0. The number of hydrogen-bond donors (Lipinski definition) is 2. The number of anilines is 1. The molecular formula is C10H8F3N5O2. The van der Waals surface area contributed by atoms with Gasteiger partial charge in [-0.25, -0.2) is 4.68 Å². The molecule has 0 atom stereocenters. The molecule has 0 unspecified atom stereocenters. The highest BCUT2D eigenvalue weighted by molar-refractivity contribution is 5.70. The molecule has 0 radical (unpaired) electrons. The molecule has 0 aliphatic carbocycles. The summed E-state index contributed by atoms with van der Waals surface area (Å²) in [5, 5.41) is 14.5. The summed E-state index contributed by atoms with van der Waals surface area (Å²) in [5.41, 5.74) is 0.496. The van der Waals surface area contributed by atoms with E-state index in [1.807, 2.05) is 0 Å². The number of benzene rings is 1. The zero-order valence-corrected chi connectivity index (χ0v) is 9.76. The summed E-state index contributed by atoms with van der Waals surface area (Å²) in [5.74, 6) is 5.15. The Bertz CT molecular complexity index is 653. The number of rotatable bonds is 3. The van der Waals surface area contributed by atoms with E-state index in [-0.39, 0.29) is 11.4 Å². The summed E-state index contributed by atoms with van der Waals surface area (Å²) in [6.07, 6.45) is -3.31. The van der Waals surface area contributed by atoms with Crippen LogP contribution in [0.25, 0.3) is 5.69 Å². The zero-order valence-electron chi connectivity index (χ0n) is 9.76. The molecule has 106 valence electrons. The summed E-state index contributed by atoms with van der Waals surface area (Å²) in [6.45, 7) is 0. The van der Waals surface area contributed by atoms with Crippen LogP contribution in [0.2, 0.25) is 0 Å². The van der Waals surface area contributed by atoms with Gasteiger partial charge in [-0.1, -0.05) is 6.07 Å². The van der Waals surface area contributed by atoms with Crippen molar-refractivity contribution in [3.63, 3.8) is 0 Å². The molecule has 0 aliphatic heterocycles. The highest BCUT2D eigenvalue weighted by Gasteiger charge is 2.33. The van der Waals surface area contributed by atoms with Crippen LogP contribution < -0.4 is 11.3 Å². The van der Waals surface area contributed by atoms with Crippen molar-refractivity contribution in [3.05, 3.63) is 46.3 Å². The van der Waals surface area contributed by atoms with Crippen molar-refractivity contribution in [1.82, 2.24) is 9.78 Å². The van der Waals surface area contributed by atoms with Gasteiger partial charge in [0.05, 0.1) is 16.7 Å². The van der Waals surface area contributed by atoms with Crippen molar-refractivity contribution >= 4 is 11.4 Å². The van der Waals surface area contributed by atoms with Gasteiger partial charge < -0.3 is 5.43 Å². The Kier molecular flexibility index (Phi) is 3.32. The molecule has 3 N–H and O–H groups in total. The SMILES string of the molecule is NNc1cccc(-n2cc(C(F)(F)F)cn2)c1[N+](=O)[O-]. The topological polar surface area (TPSA) is 99.0 Å². The average molecular weight is 287 g/mol. The number of nitro groups is 1. The molecule has 20 heavy (non-hydrogen) atoms. The molecule has 0 aliphatic rings. The van der Waals surface area contributed by atoms with E-state index in [9.17, 15) is 23.3 Å². The molecule has 1 aromatic heterocycles. The quantitative estimate of drug-likeness (QED) is 0.511. The molecule has 7 nitrogen and oxygen atoms in total. The predicted octanol–water partition coefficient (Wildman–Crippen LogP) is 2.08. The van der Waals surface area contributed by atoms with Gasteiger partial charge in [0.25, 0.3) is 0 Å². The summed E-state index contributed by atoms with van der Waals surface area (Å²) < 4.78 is 38.3. The van der Waals surface area contributed by atoms with Crippen molar-refractivity contribution < 1.29 is 18.1 Å². The number of hydrogen-bond acceptors (Lipinski definition) is 5. The molecule has 0 bridgehead atoms. The maximum atomic E-state index is 12.5. The van der Waals surface area contributed by atoms with Crippen LogP contribution in [-0.4, -0.2) is 14.7 Å². The van der Waals surface area contributed by atoms with Crippen LogP contribution in [0.1, 0.15) is 5.56 Å². The minimum absolute atomic E-state index is 0.0310. The Balaban J connectivity index is 2.58. The van der Waals surface area contributed by atoms with E-state index < -0.39 is 22.4 Å². The molecule has 0 saturated heterocycles.